The molecule has 1 nitrogen and oxygen atoms in total. The van der Waals surface area contributed by atoms with Crippen LogP contribution in [0.25, 0.3) is 10.4 Å². The first-order valence-corrected chi connectivity index (χ1v) is 5.28. The molecule has 2 aromatic rings. The highest BCUT2D eigenvalue weighted by Crippen LogP contribution is 2.28. The first kappa shape index (κ1) is 7.71. The van der Waals surface area contributed by atoms with E-state index in [1.165, 1.54) is 10.4 Å². The van der Waals surface area contributed by atoms with Crippen LogP contribution < -0.4 is 0 Å². The summed E-state index contributed by atoms with van der Waals surface area (Å²) in [7, 11) is 0. The van der Waals surface area contributed by atoms with Crippen LogP contribution in [-0.2, 0) is 0 Å². The van der Waals surface area contributed by atoms with Crippen LogP contribution in [-0.4, -0.2) is 6.29 Å². The van der Waals surface area contributed by atoms with Gasteiger partial charge in [0.05, 0.1) is 0 Å². The number of thiophene rings is 2. The van der Waals surface area contributed by atoms with Crippen molar-refractivity contribution in [2.45, 2.75) is 0 Å². The van der Waals surface area contributed by atoms with Crippen molar-refractivity contribution in [3.63, 3.8) is 0 Å². The average molecular weight is 194 g/mol. The Morgan fingerprint density at radius 2 is 2.25 bits per heavy atom. The number of hydrogen-bond acceptors (Lipinski definition) is 3. The Balaban J connectivity index is 2.41. The quantitative estimate of drug-likeness (QED) is 0.670. The lowest BCUT2D eigenvalue weighted by atomic mass is 10.2. The molecule has 0 spiro atoms. The van der Waals surface area contributed by atoms with Crippen molar-refractivity contribution < 1.29 is 4.79 Å². The monoisotopic (exact) mass is 194 g/mol. The maximum absolute atomic E-state index is 10.4. The molecule has 0 fully saturated rings. The van der Waals surface area contributed by atoms with Crippen molar-refractivity contribution in [2.24, 2.45) is 0 Å². The van der Waals surface area contributed by atoms with Crippen molar-refractivity contribution in [3.05, 3.63) is 33.8 Å². The molecule has 2 aromatic heterocycles. The SMILES string of the molecule is O=Cc1csc(-c2ccsc2)c1. The zero-order chi connectivity index (χ0) is 8.39. The zero-order valence-electron chi connectivity index (χ0n) is 6.19. The summed E-state index contributed by atoms with van der Waals surface area (Å²) in [5.74, 6) is 0. The van der Waals surface area contributed by atoms with Gasteiger partial charge >= 0.3 is 0 Å². The predicted molar refractivity (Wildman–Crippen MR) is 53.0 cm³/mol. The largest absolute Gasteiger partial charge is 0.298 e. The fraction of sp³-hybridized carbons (Fsp3) is 0. The van der Waals surface area contributed by atoms with Crippen molar-refractivity contribution >= 4 is 29.0 Å². The Hall–Kier alpha value is -0.930. The van der Waals surface area contributed by atoms with Crippen LogP contribution in [0.4, 0.5) is 0 Å². The lowest BCUT2D eigenvalue weighted by Crippen LogP contribution is -1.68. The van der Waals surface area contributed by atoms with E-state index in [9.17, 15) is 4.79 Å². The second-order valence-electron chi connectivity index (χ2n) is 2.37. The van der Waals surface area contributed by atoms with Crippen molar-refractivity contribution in [3.8, 4) is 10.4 Å². The van der Waals surface area contributed by atoms with Gasteiger partial charge in [0.25, 0.3) is 0 Å². The van der Waals surface area contributed by atoms with Crippen molar-refractivity contribution in [2.75, 3.05) is 0 Å². The minimum atomic E-state index is 0.765. The van der Waals surface area contributed by atoms with E-state index in [1.807, 2.05) is 16.8 Å². The van der Waals surface area contributed by atoms with E-state index in [-0.39, 0.29) is 0 Å². The summed E-state index contributed by atoms with van der Waals surface area (Å²) in [5.41, 5.74) is 1.97. The van der Waals surface area contributed by atoms with Gasteiger partial charge in [-0.2, -0.15) is 11.3 Å². The third-order valence-corrected chi connectivity index (χ3v) is 3.24. The van der Waals surface area contributed by atoms with Crippen LogP contribution in [0.2, 0.25) is 0 Å². The highest BCUT2D eigenvalue weighted by Gasteiger charge is 2.01. The Morgan fingerprint density at radius 1 is 1.33 bits per heavy atom. The number of aldehydes is 1. The summed E-state index contributed by atoms with van der Waals surface area (Å²) in [4.78, 5) is 11.6. The molecule has 0 unspecified atom stereocenters. The molecule has 0 saturated carbocycles. The number of carbonyl (C=O) groups excluding carboxylic acids is 1. The van der Waals surface area contributed by atoms with Crippen LogP contribution in [0, 0.1) is 0 Å². The Kier molecular flexibility index (Phi) is 2.06. The minimum Gasteiger partial charge on any atom is -0.298 e. The summed E-state index contributed by atoms with van der Waals surface area (Å²) in [6, 6.07) is 3.98. The molecule has 60 valence electrons. The molecule has 12 heavy (non-hydrogen) atoms. The second kappa shape index (κ2) is 3.21. The Bertz CT molecular complexity index is 373. The van der Waals surface area contributed by atoms with Crippen LogP contribution in [0.15, 0.2) is 28.3 Å². The van der Waals surface area contributed by atoms with Gasteiger partial charge in [-0.15, -0.1) is 11.3 Å². The summed E-state index contributed by atoms with van der Waals surface area (Å²) in [6.07, 6.45) is 0.881. The lowest BCUT2D eigenvalue weighted by Gasteiger charge is -1.86. The molecule has 0 aromatic carbocycles. The molecule has 0 N–H and O–H groups in total. The van der Waals surface area contributed by atoms with Crippen LogP contribution in [0.1, 0.15) is 10.4 Å². The normalized spacial score (nSPS) is 10.0. The molecular formula is C9H6OS2. The maximum Gasteiger partial charge on any atom is 0.150 e. The predicted octanol–water partition coefficient (Wildman–Crippen LogP) is 3.29. The molecular weight excluding hydrogens is 188 g/mol. The molecule has 0 aliphatic heterocycles. The molecule has 0 radical (unpaired) electrons. The third-order valence-electron chi connectivity index (χ3n) is 1.56. The first-order chi connectivity index (χ1) is 5.90. The van der Waals surface area contributed by atoms with E-state index >= 15 is 0 Å². The number of carbonyl (C=O) groups is 1. The minimum absolute atomic E-state index is 0.765. The molecule has 0 saturated heterocycles. The van der Waals surface area contributed by atoms with E-state index in [0.29, 0.717) is 0 Å². The van der Waals surface area contributed by atoms with Gasteiger partial charge in [0, 0.05) is 21.4 Å². The van der Waals surface area contributed by atoms with Gasteiger partial charge in [0.2, 0.25) is 0 Å². The highest BCUT2D eigenvalue weighted by atomic mass is 32.1. The van der Waals surface area contributed by atoms with E-state index in [4.69, 9.17) is 0 Å². The Labute approximate surface area is 78.3 Å². The summed E-state index contributed by atoms with van der Waals surface area (Å²) < 4.78 is 0. The highest BCUT2D eigenvalue weighted by molar-refractivity contribution is 7.14. The van der Waals surface area contributed by atoms with Crippen molar-refractivity contribution in [1.82, 2.24) is 0 Å². The number of rotatable bonds is 2. The van der Waals surface area contributed by atoms with Crippen molar-refractivity contribution in [1.29, 1.82) is 0 Å². The van der Waals surface area contributed by atoms with Gasteiger partial charge in [-0.05, 0) is 22.9 Å². The van der Waals surface area contributed by atoms with E-state index in [2.05, 4.69) is 11.4 Å². The van der Waals surface area contributed by atoms with E-state index in [1.54, 1.807) is 22.7 Å². The van der Waals surface area contributed by atoms with Gasteiger partial charge in [-0.3, -0.25) is 4.79 Å². The van der Waals surface area contributed by atoms with Gasteiger partial charge in [-0.1, -0.05) is 0 Å². The van der Waals surface area contributed by atoms with Crippen LogP contribution in [0.5, 0.6) is 0 Å². The summed E-state index contributed by atoms with van der Waals surface area (Å²) in [5, 5.41) is 6.00. The second-order valence-corrected chi connectivity index (χ2v) is 4.07. The molecule has 0 atom stereocenters. The smallest absolute Gasteiger partial charge is 0.150 e. The zero-order valence-corrected chi connectivity index (χ0v) is 7.82. The molecule has 0 amide bonds. The molecule has 3 heteroatoms. The molecule has 2 rings (SSSR count). The molecule has 0 aliphatic rings. The topological polar surface area (TPSA) is 17.1 Å². The molecule has 0 aliphatic carbocycles. The maximum atomic E-state index is 10.4. The van der Waals surface area contributed by atoms with Gasteiger partial charge in [-0.25, -0.2) is 0 Å². The fourth-order valence-electron chi connectivity index (χ4n) is 0.969. The standard InChI is InChI=1S/C9H6OS2/c10-4-7-3-9(12-5-7)8-1-2-11-6-8/h1-6H. The third kappa shape index (κ3) is 1.33. The van der Waals surface area contributed by atoms with Gasteiger partial charge in [0.1, 0.15) is 0 Å². The van der Waals surface area contributed by atoms with Crippen LogP contribution >= 0.6 is 22.7 Å². The average Bonchev–Trinajstić information content (AvgIpc) is 2.75. The summed E-state index contributed by atoms with van der Waals surface area (Å²) >= 11 is 3.28. The van der Waals surface area contributed by atoms with E-state index < -0.39 is 0 Å². The first-order valence-electron chi connectivity index (χ1n) is 3.46. The van der Waals surface area contributed by atoms with Gasteiger partial charge < -0.3 is 0 Å². The number of hydrogen-bond donors (Lipinski definition) is 0. The summed E-state index contributed by atoms with van der Waals surface area (Å²) in [6.45, 7) is 0. The Morgan fingerprint density at radius 3 is 2.83 bits per heavy atom. The molecule has 2 heterocycles. The lowest BCUT2D eigenvalue weighted by molar-refractivity contribution is 0.112. The molecule has 0 bridgehead atoms. The van der Waals surface area contributed by atoms with Crippen LogP contribution in [0.3, 0.4) is 0 Å². The fourth-order valence-corrected chi connectivity index (χ4v) is 2.55. The van der Waals surface area contributed by atoms with Gasteiger partial charge in [0.15, 0.2) is 6.29 Å². The van der Waals surface area contributed by atoms with E-state index in [0.717, 1.165) is 11.8 Å².